The molecule has 1 heterocycles. The highest BCUT2D eigenvalue weighted by molar-refractivity contribution is 5.76. The molecule has 0 spiro atoms. The van der Waals surface area contributed by atoms with Crippen molar-refractivity contribution in [3.63, 3.8) is 0 Å². The molecule has 1 fully saturated rings. The van der Waals surface area contributed by atoms with E-state index in [4.69, 9.17) is 10.2 Å². The molecule has 1 amide bonds. The number of carbonyl (C=O) groups excluding carboxylic acids is 1. The van der Waals surface area contributed by atoms with Crippen LogP contribution in [0.25, 0.3) is 0 Å². The van der Waals surface area contributed by atoms with E-state index in [1.165, 1.54) is 0 Å². The van der Waals surface area contributed by atoms with Crippen LogP contribution in [0.2, 0.25) is 0 Å². The van der Waals surface area contributed by atoms with Crippen LogP contribution in [0.15, 0.2) is 0 Å². The minimum absolute atomic E-state index is 0.0724. The van der Waals surface area contributed by atoms with Gasteiger partial charge in [0.2, 0.25) is 5.91 Å². The summed E-state index contributed by atoms with van der Waals surface area (Å²) in [5.41, 5.74) is 0. The number of hydrogen-bond acceptors (Lipinski definition) is 3. The fourth-order valence-corrected chi connectivity index (χ4v) is 1.60. The van der Waals surface area contributed by atoms with Gasteiger partial charge in [-0.05, 0) is 12.8 Å². The van der Waals surface area contributed by atoms with Gasteiger partial charge in [0.25, 0.3) is 0 Å². The Morgan fingerprint density at radius 1 is 1.46 bits per heavy atom. The van der Waals surface area contributed by atoms with Crippen LogP contribution in [0.4, 0.5) is 0 Å². The van der Waals surface area contributed by atoms with Crippen molar-refractivity contribution in [1.82, 2.24) is 4.90 Å². The molecule has 2 N–H and O–H groups in total. The summed E-state index contributed by atoms with van der Waals surface area (Å²) in [4.78, 5) is 13.2. The molecule has 4 heteroatoms. The van der Waals surface area contributed by atoms with E-state index in [1.807, 2.05) is 0 Å². The molecular weight excluding hydrogens is 170 g/mol. The summed E-state index contributed by atoms with van der Waals surface area (Å²) in [5, 5.41) is 17.4. The average molecular weight is 187 g/mol. The van der Waals surface area contributed by atoms with E-state index in [9.17, 15) is 4.79 Å². The summed E-state index contributed by atoms with van der Waals surface area (Å²) in [7, 11) is 0. The molecular formula is C9H17NO3. The zero-order valence-electron chi connectivity index (χ0n) is 7.78. The highest BCUT2D eigenvalue weighted by Crippen LogP contribution is 2.16. The SMILES string of the molecule is O=C(CCCO)N1CCC(CO)C1. The lowest BCUT2D eigenvalue weighted by atomic mass is 10.1. The molecule has 0 aromatic rings. The number of rotatable bonds is 4. The Labute approximate surface area is 78.2 Å². The Kier molecular flexibility index (Phi) is 4.18. The molecule has 76 valence electrons. The molecule has 0 radical (unpaired) electrons. The zero-order valence-corrected chi connectivity index (χ0v) is 7.78. The maximum atomic E-state index is 11.4. The van der Waals surface area contributed by atoms with Crippen molar-refractivity contribution in [2.24, 2.45) is 5.92 Å². The third-order valence-electron chi connectivity index (χ3n) is 2.45. The van der Waals surface area contributed by atoms with Crippen LogP contribution in [0.3, 0.4) is 0 Å². The van der Waals surface area contributed by atoms with Crippen molar-refractivity contribution < 1.29 is 15.0 Å². The Bertz CT molecular complexity index is 172. The van der Waals surface area contributed by atoms with Crippen molar-refractivity contribution in [3.8, 4) is 0 Å². The van der Waals surface area contributed by atoms with E-state index in [1.54, 1.807) is 4.90 Å². The minimum Gasteiger partial charge on any atom is -0.396 e. The first kappa shape index (κ1) is 10.5. The van der Waals surface area contributed by atoms with Gasteiger partial charge in [0.15, 0.2) is 0 Å². The van der Waals surface area contributed by atoms with Gasteiger partial charge in [-0.15, -0.1) is 0 Å². The van der Waals surface area contributed by atoms with E-state index in [-0.39, 0.29) is 25.0 Å². The van der Waals surface area contributed by atoms with Crippen LogP contribution in [0.1, 0.15) is 19.3 Å². The van der Waals surface area contributed by atoms with E-state index in [0.29, 0.717) is 19.4 Å². The highest BCUT2D eigenvalue weighted by atomic mass is 16.3. The van der Waals surface area contributed by atoms with E-state index >= 15 is 0 Å². The second kappa shape index (κ2) is 5.19. The monoisotopic (exact) mass is 187 g/mol. The molecule has 13 heavy (non-hydrogen) atoms. The molecule has 1 unspecified atom stereocenters. The van der Waals surface area contributed by atoms with Crippen LogP contribution in [-0.4, -0.2) is 47.3 Å². The lowest BCUT2D eigenvalue weighted by Gasteiger charge is -2.15. The Morgan fingerprint density at radius 3 is 2.77 bits per heavy atom. The predicted octanol–water partition coefficient (Wildman–Crippen LogP) is -0.400. The molecule has 0 bridgehead atoms. The number of likely N-dealkylation sites (tertiary alicyclic amines) is 1. The van der Waals surface area contributed by atoms with Crippen LogP contribution < -0.4 is 0 Å². The summed E-state index contributed by atoms with van der Waals surface area (Å²) in [6, 6.07) is 0. The van der Waals surface area contributed by atoms with Gasteiger partial charge < -0.3 is 15.1 Å². The summed E-state index contributed by atoms with van der Waals surface area (Å²) in [5.74, 6) is 0.364. The number of hydrogen-bond donors (Lipinski definition) is 2. The average Bonchev–Trinajstić information content (AvgIpc) is 2.62. The van der Waals surface area contributed by atoms with Crippen LogP contribution in [0.5, 0.6) is 0 Å². The third kappa shape index (κ3) is 2.97. The highest BCUT2D eigenvalue weighted by Gasteiger charge is 2.24. The summed E-state index contributed by atoms with van der Waals surface area (Å²) in [6.07, 6.45) is 1.87. The maximum Gasteiger partial charge on any atom is 0.222 e. The maximum absolute atomic E-state index is 11.4. The normalized spacial score (nSPS) is 22.3. The minimum atomic E-state index is 0.0724. The molecule has 0 aromatic heterocycles. The van der Waals surface area contributed by atoms with Gasteiger partial charge in [-0.25, -0.2) is 0 Å². The predicted molar refractivity (Wildman–Crippen MR) is 48.1 cm³/mol. The van der Waals surface area contributed by atoms with Crippen molar-refractivity contribution in [3.05, 3.63) is 0 Å². The topological polar surface area (TPSA) is 60.8 Å². The van der Waals surface area contributed by atoms with E-state index < -0.39 is 0 Å². The lowest BCUT2D eigenvalue weighted by Crippen LogP contribution is -2.29. The number of carbonyl (C=O) groups is 1. The van der Waals surface area contributed by atoms with Crippen LogP contribution in [-0.2, 0) is 4.79 Å². The largest absolute Gasteiger partial charge is 0.396 e. The molecule has 1 saturated heterocycles. The number of aliphatic hydroxyl groups is 2. The fraction of sp³-hybridized carbons (Fsp3) is 0.889. The van der Waals surface area contributed by atoms with Gasteiger partial charge >= 0.3 is 0 Å². The van der Waals surface area contributed by atoms with Crippen LogP contribution >= 0.6 is 0 Å². The van der Waals surface area contributed by atoms with Gasteiger partial charge in [0.1, 0.15) is 0 Å². The molecule has 0 aromatic carbocycles. The number of nitrogens with zero attached hydrogens (tertiary/aromatic N) is 1. The van der Waals surface area contributed by atoms with Gasteiger partial charge in [0, 0.05) is 38.6 Å². The van der Waals surface area contributed by atoms with Gasteiger partial charge in [0.05, 0.1) is 0 Å². The van der Waals surface area contributed by atoms with Crippen molar-refractivity contribution >= 4 is 5.91 Å². The first-order valence-electron chi connectivity index (χ1n) is 4.77. The number of amides is 1. The Morgan fingerprint density at radius 2 is 2.23 bits per heavy atom. The summed E-state index contributed by atoms with van der Waals surface area (Å²) < 4.78 is 0. The molecule has 0 saturated carbocycles. The van der Waals surface area contributed by atoms with Gasteiger partial charge in [-0.1, -0.05) is 0 Å². The quantitative estimate of drug-likeness (QED) is 0.629. The summed E-state index contributed by atoms with van der Waals surface area (Å²) >= 11 is 0. The first-order chi connectivity index (χ1) is 6.27. The van der Waals surface area contributed by atoms with Crippen molar-refractivity contribution in [2.45, 2.75) is 19.3 Å². The first-order valence-corrected chi connectivity index (χ1v) is 4.77. The number of aliphatic hydroxyl groups excluding tert-OH is 2. The molecule has 1 rings (SSSR count). The molecule has 1 aliphatic rings. The molecule has 4 nitrogen and oxygen atoms in total. The molecule has 0 aliphatic carbocycles. The Hall–Kier alpha value is -0.610. The lowest BCUT2D eigenvalue weighted by molar-refractivity contribution is -0.130. The van der Waals surface area contributed by atoms with Gasteiger partial charge in [-0.3, -0.25) is 4.79 Å². The van der Waals surface area contributed by atoms with Crippen molar-refractivity contribution in [2.75, 3.05) is 26.3 Å². The molecule has 1 aliphatic heterocycles. The van der Waals surface area contributed by atoms with Gasteiger partial charge in [-0.2, -0.15) is 0 Å². The smallest absolute Gasteiger partial charge is 0.222 e. The van der Waals surface area contributed by atoms with E-state index in [2.05, 4.69) is 0 Å². The van der Waals surface area contributed by atoms with E-state index in [0.717, 1.165) is 13.0 Å². The third-order valence-corrected chi connectivity index (χ3v) is 2.45. The molecule has 1 atom stereocenters. The second-order valence-electron chi connectivity index (χ2n) is 3.50. The zero-order chi connectivity index (χ0) is 9.68. The van der Waals surface area contributed by atoms with Crippen LogP contribution in [0, 0.1) is 5.92 Å². The standard InChI is InChI=1S/C9H17NO3/c11-5-1-2-9(13)10-4-3-8(6-10)7-12/h8,11-12H,1-7H2. The fourth-order valence-electron chi connectivity index (χ4n) is 1.60. The van der Waals surface area contributed by atoms with Crippen molar-refractivity contribution in [1.29, 1.82) is 0 Å². The second-order valence-corrected chi connectivity index (χ2v) is 3.50. The summed E-state index contributed by atoms with van der Waals surface area (Å²) in [6.45, 7) is 1.68. The Balaban J connectivity index is 2.25.